The number of nitro groups is 1. The van der Waals surface area contributed by atoms with Crippen LogP contribution in [0.5, 0.6) is 0 Å². The Labute approximate surface area is 147 Å². The van der Waals surface area contributed by atoms with E-state index in [4.69, 9.17) is 10.5 Å². The van der Waals surface area contributed by atoms with Crippen molar-refractivity contribution in [3.8, 4) is 0 Å². The Morgan fingerprint density at radius 3 is 2.54 bits per heavy atom. The quantitative estimate of drug-likeness (QED) is 0.414. The smallest absolute Gasteiger partial charge is 0.296 e. The van der Waals surface area contributed by atoms with Crippen molar-refractivity contribution < 1.29 is 14.1 Å². The number of ether oxygens (including phenoxy) is 1. The van der Waals surface area contributed by atoms with Gasteiger partial charge in [-0.05, 0) is 34.0 Å². The van der Waals surface area contributed by atoms with Gasteiger partial charge >= 0.3 is 0 Å². The minimum atomic E-state index is -0.740. The standard InChI is InChI=1S/C16H17BrFN3O3/c1-2-24-9-11-5-3-10(4-6-11)8-20-16-12(18)7-13(21(22)23)15(19)14(16)17/h3-7,20H,2,8-9,19H2,1H3. The molecule has 3 N–H and O–H groups in total. The predicted molar refractivity (Wildman–Crippen MR) is 94.3 cm³/mol. The third-order valence-electron chi connectivity index (χ3n) is 3.40. The Kier molecular flexibility index (Phi) is 6.10. The van der Waals surface area contributed by atoms with Crippen molar-refractivity contribution in [1.82, 2.24) is 0 Å². The number of hydrogen-bond donors (Lipinski definition) is 2. The van der Waals surface area contributed by atoms with Gasteiger partial charge in [-0.3, -0.25) is 10.1 Å². The van der Waals surface area contributed by atoms with E-state index in [1.165, 1.54) is 0 Å². The maximum atomic E-state index is 14.1. The molecule has 0 spiro atoms. The first-order valence-corrected chi connectivity index (χ1v) is 8.04. The lowest BCUT2D eigenvalue weighted by Gasteiger charge is -2.12. The minimum absolute atomic E-state index is 0.0940. The molecule has 0 heterocycles. The van der Waals surface area contributed by atoms with Gasteiger partial charge in [0, 0.05) is 13.2 Å². The summed E-state index contributed by atoms with van der Waals surface area (Å²) in [7, 11) is 0. The van der Waals surface area contributed by atoms with Gasteiger partial charge in [-0.1, -0.05) is 24.3 Å². The van der Waals surface area contributed by atoms with Crippen LogP contribution < -0.4 is 11.1 Å². The van der Waals surface area contributed by atoms with Crippen molar-refractivity contribution in [2.45, 2.75) is 20.1 Å². The zero-order valence-corrected chi connectivity index (χ0v) is 14.6. The van der Waals surface area contributed by atoms with Crippen molar-refractivity contribution >= 4 is 33.0 Å². The minimum Gasteiger partial charge on any atom is -0.392 e. The molecule has 2 aromatic carbocycles. The summed E-state index contributed by atoms with van der Waals surface area (Å²) < 4.78 is 19.6. The van der Waals surface area contributed by atoms with Crippen LogP contribution in [0, 0.1) is 15.9 Å². The molecule has 0 aliphatic carbocycles. The zero-order chi connectivity index (χ0) is 17.7. The molecule has 0 atom stereocenters. The lowest BCUT2D eigenvalue weighted by atomic mass is 10.1. The monoisotopic (exact) mass is 397 g/mol. The number of nitro benzene ring substituents is 1. The van der Waals surface area contributed by atoms with Crippen LogP contribution in [0.25, 0.3) is 0 Å². The third kappa shape index (κ3) is 4.21. The van der Waals surface area contributed by atoms with E-state index >= 15 is 0 Å². The van der Waals surface area contributed by atoms with Gasteiger partial charge in [0.1, 0.15) is 5.69 Å². The topological polar surface area (TPSA) is 90.4 Å². The fraction of sp³-hybridized carbons (Fsp3) is 0.250. The molecule has 0 bridgehead atoms. The van der Waals surface area contributed by atoms with Crippen molar-refractivity contribution in [3.05, 3.63) is 61.9 Å². The first-order chi connectivity index (χ1) is 11.4. The molecule has 0 aromatic heterocycles. The number of hydrogen-bond acceptors (Lipinski definition) is 5. The van der Waals surface area contributed by atoms with E-state index in [2.05, 4.69) is 21.2 Å². The number of nitrogens with one attached hydrogen (secondary N) is 1. The molecule has 6 nitrogen and oxygen atoms in total. The molecule has 0 saturated carbocycles. The Morgan fingerprint density at radius 2 is 1.96 bits per heavy atom. The number of anilines is 2. The highest BCUT2D eigenvalue weighted by atomic mass is 79.9. The van der Waals surface area contributed by atoms with E-state index < -0.39 is 16.4 Å². The molecule has 0 aliphatic heterocycles. The second-order valence-electron chi connectivity index (χ2n) is 5.04. The van der Waals surface area contributed by atoms with Gasteiger partial charge in [-0.25, -0.2) is 4.39 Å². The van der Waals surface area contributed by atoms with Gasteiger partial charge < -0.3 is 15.8 Å². The number of halogens is 2. The molecule has 0 unspecified atom stereocenters. The first kappa shape index (κ1) is 18.2. The molecule has 0 amide bonds. The van der Waals surface area contributed by atoms with E-state index in [-0.39, 0.29) is 15.8 Å². The summed E-state index contributed by atoms with van der Waals surface area (Å²) in [4.78, 5) is 10.1. The van der Waals surface area contributed by atoms with Crippen LogP contribution in [0.15, 0.2) is 34.8 Å². The highest BCUT2D eigenvalue weighted by molar-refractivity contribution is 9.10. The van der Waals surface area contributed by atoms with Crippen LogP contribution in [0.2, 0.25) is 0 Å². The lowest BCUT2D eigenvalue weighted by molar-refractivity contribution is -0.384. The number of rotatable bonds is 7. The van der Waals surface area contributed by atoms with Gasteiger partial charge in [0.2, 0.25) is 0 Å². The maximum absolute atomic E-state index is 14.1. The summed E-state index contributed by atoms with van der Waals surface area (Å²) in [6, 6.07) is 8.49. The van der Waals surface area contributed by atoms with Crippen molar-refractivity contribution in [2.24, 2.45) is 0 Å². The second kappa shape index (κ2) is 8.07. The van der Waals surface area contributed by atoms with Gasteiger partial charge in [-0.2, -0.15) is 0 Å². The molecular weight excluding hydrogens is 381 g/mol. The normalized spacial score (nSPS) is 10.6. The molecule has 2 aromatic rings. The molecule has 0 radical (unpaired) electrons. The fourth-order valence-electron chi connectivity index (χ4n) is 2.10. The van der Waals surface area contributed by atoms with E-state index in [1.807, 2.05) is 31.2 Å². The van der Waals surface area contributed by atoms with Crippen LogP contribution in [0.3, 0.4) is 0 Å². The second-order valence-corrected chi connectivity index (χ2v) is 5.84. The molecular formula is C16H17BrFN3O3. The van der Waals surface area contributed by atoms with Crippen molar-refractivity contribution in [1.29, 1.82) is 0 Å². The fourth-order valence-corrected chi connectivity index (χ4v) is 2.63. The largest absolute Gasteiger partial charge is 0.392 e. The zero-order valence-electron chi connectivity index (χ0n) is 13.0. The van der Waals surface area contributed by atoms with Gasteiger partial charge in [-0.15, -0.1) is 0 Å². The molecule has 128 valence electrons. The van der Waals surface area contributed by atoms with Crippen LogP contribution in [0.4, 0.5) is 21.5 Å². The average Bonchev–Trinajstić information content (AvgIpc) is 2.57. The Balaban J connectivity index is 2.12. The third-order valence-corrected chi connectivity index (χ3v) is 4.22. The number of nitrogens with zero attached hydrogens (tertiary/aromatic N) is 1. The predicted octanol–water partition coefficient (Wildman–Crippen LogP) is 4.23. The summed E-state index contributed by atoms with van der Waals surface area (Å²) in [5.74, 6) is -0.740. The highest BCUT2D eigenvalue weighted by Gasteiger charge is 2.21. The van der Waals surface area contributed by atoms with Crippen molar-refractivity contribution in [2.75, 3.05) is 17.7 Å². The SMILES string of the molecule is CCOCc1ccc(CNc2c(F)cc([N+](=O)[O-])c(N)c2Br)cc1. The summed E-state index contributed by atoms with van der Waals surface area (Å²) >= 11 is 3.12. The van der Waals surface area contributed by atoms with Crippen LogP contribution >= 0.6 is 15.9 Å². The van der Waals surface area contributed by atoms with E-state index in [0.717, 1.165) is 17.2 Å². The van der Waals surface area contributed by atoms with Crippen LogP contribution in [-0.2, 0) is 17.9 Å². The molecule has 0 saturated heterocycles. The summed E-state index contributed by atoms with van der Waals surface area (Å²) in [6.45, 7) is 3.48. The molecule has 24 heavy (non-hydrogen) atoms. The summed E-state index contributed by atoms with van der Waals surface area (Å²) in [5.41, 5.74) is 7.17. The Bertz CT molecular complexity index is 738. The molecule has 0 aliphatic rings. The number of nitrogen functional groups attached to an aromatic ring is 1. The van der Waals surface area contributed by atoms with Crippen molar-refractivity contribution in [3.63, 3.8) is 0 Å². The summed E-state index contributed by atoms with van der Waals surface area (Å²) in [6.07, 6.45) is 0. The Morgan fingerprint density at radius 1 is 1.33 bits per heavy atom. The maximum Gasteiger partial charge on any atom is 0.296 e. The Hall–Kier alpha value is -2.19. The van der Waals surface area contributed by atoms with Gasteiger partial charge in [0.15, 0.2) is 5.82 Å². The molecule has 8 heteroatoms. The van der Waals surface area contributed by atoms with Crippen LogP contribution in [0.1, 0.15) is 18.1 Å². The highest BCUT2D eigenvalue weighted by Crippen LogP contribution is 2.38. The molecule has 2 rings (SSSR count). The lowest BCUT2D eigenvalue weighted by Crippen LogP contribution is -2.06. The van der Waals surface area contributed by atoms with Gasteiger partial charge in [0.25, 0.3) is 5.69 Å². The average molecular weight is 398 g/mol. The first-order valence-electron chi connectivity index (χ1n) is 7.25. The van der Waals surface area contributed by atoms with E-state index in [9.17, 15) is 14.5 Å². The van der Waals surface area contributed by atoms with Crippen LogP contribution in [-0.4, -0.2) is 11.5 Å². The van der Waals surface area contributed by atoms with Gasteiger partial charge in [0.05, 0.1) is 27.8 Å². The summed E-state index contributed by atoms with van der Waals surface area (Å²) in [5, 5.41) is 13.7. The molecule has 0 fully saturated rings. The van der Waals surface area contributed by atoms with E-state index in [0.29, 0.717) is 19.8 Å². The number of benzene rings is 2. The number of nitrogens with two attached hydrogens (primary N) is 1. The van der Waals surface area contributed by atoms with E-state index in [1.54, 1.807) is 0 Å².